The van der Waals surface area contributed by atoms with Crippen molar-refractivity contribution >= 4 is 18.3 Å². The predicted octanol–water partition coefficient (Wildman–Crippen LogP) is 2.99. The Morgan fingerprint density at radius 3 is 2.32 bits per heavy atom. The van der Waals surface area contributed by atoms with Gasteiger partial charge in [-0.3, -0.25) is 4.79 Å². The largest absolute Gasteiger partial charge is 0.383 e. The SMILES string of the molecule is CCC(CC)N(CCOC)C(=O)CC1CC2CCC(C1)N2.Cl. The number of rotatable bonds is 8. The summed E-state index contributed by atoms with van der Waals surface area (Å²) in [5.74, 6) is 0.919. The minimum Gasteiger partial charge on any atom is -0.383 e. The molecule has 4 nitrogen and oxygen atoms in total. The van der Waals surface area contributed by atoms with Crippen LogP contribution in [0.15, 0.2) is 0 Å². The van der Waals surface area contributed by atoms with Gasteiger partial charge in [0.15, 0.2) is 0 Å². The number of piperidine rings is 1. The maximum atomic E-state index is 12.8. The van der Waals surface area contributed by atoms with Gasteiger partial charge >= 0.3 is 0 Å². The maximum Gasteiger partial charge on any atom is 0.223 e. The van der Waals surface area contributed by atoms with Crippen LogP contribution in [-0.4, -0.2) is 49.2 Å². The van der Waals surface area contributed by atoms with Gasteiger partial charge in [0.25, 0.3) is 0 Å². The van der Waals surface area contributed by atoms with Crippen molar-refractivity contribution < 1.29 is 9.53 Å². The summed E-state index contributed by atoms with van der Waals surface area (Å²) in [4.78, 5) is 14.8. The molecule has 0 aromatic rings. The second-order valence-corrected chi connectivity index (χ2v) is 6.73. The highest BCUT2D eigenvalue weighted by atomic mass is 35.5. The summed E-state index contributed by atoms with van der Waals surface area (Å²) in [6.07, 6.45) is 7.76. The molecule has 1 amide bonds. The Labute approximate surface area is 141 Å². The quantitative estimate of drug-likeness (QED) is 0.743. The third-order valence-corrected chi connectivity index (χ3v) is 5.27. The molecule has 2 aliphatic rings. The van der Waals surface area contributed by atoms with E-state index in [-0.39, 0.29) is 12.4 Å². The average molecular weight is 333 g/mol. The van der Waals surface area contributed by atoms with Gasteiger partial charge in [-0.1, -0.05) is 13.8 Å². The van der Waals surface area contributed by atoms with Crippen LogP contribution in [-0.2, 0) is 9.53 Å². The van der Waals surface area contributed by atoms with Crippen LogP contribution in [0.5, 0.6) is 0 Å². The molecule has 2 rings (SSSR count). The summed E-state index contributed by atoms with van der Waals surface area (Å²) in [5.41, 5.74) is 0. The number of halogens is 1. The van der Waals surface area contributed by atoms with Crippen molar-refractivity contribution in [2.75, 3.05) is 20.3 Å². The van der Waals surface area contributed by atoms with E-state index in [0.717, 1.165) is 25.8 Å². The summed E-state index contributed by atoms with van der Waals surface area (Å²) in [5, 5.41) is 3.66. The van der Waals surface area contributed by atoms with Crippen molar-refractivity contribution in [1.29, 1.82) is 0 Å². The van der Waals surface area contributed by atoms with Crippen LogP contribution in [0.4, 0.5) is 0 Å². The third kappa shape index (κ3) is 5.10. The highest BCUT2D eigenvalue weighted by Crippen LogP contribution is 2.33. The van der Waals surface area contributed by atoms with Crippen LogP contribution >= 0.6 is 12.4 Å². The average Bonchev–Trinajstić information content (AvgIpc) is 2.82. The number of ether oxygens (including phenoxy) is 1. The molecule has 0 aromatic heterocycles. The molecule has 0 aliphatic carbocycles. The number of fused-ring (bicyclic) bond motifs is 2. The van der Waals surface area contributed by atoms with Crippen LogP contribution in [0.25, 0.3) is 0 Å². The summed E-state index contributed by atoms with van der Waals surface area (Å²) < 4.78 is 5.19. The second kappa shape index (κ2) is 9.74. The van der Waals surface area contributed by atoms with E-state index in [0.29, 0.717) is 36.6 Å². The number of amides is 1. The number of carbonyl (C=O) groups is 1. The van der Waals surface area contributed by atoms with E-state index in [2.05, 4.69) is 24.1 Å². The molecule has 2 heterocycles. The molecule has 22 heavy (non-hydrogen) atoms. The van der Waals surface area contributed by atoms with Crippen molar-refractivity contribution in [3.63, 3.8) is 0 Å². The number of methoxy groups -OCH3 is 1. The highest BCUT2D eigenvalue weighted by Gasteiger charge is 2.35. The van der Waals surface area contributed by atoms with Gasteiger partial charge in [-0.15, -0.1) is 12.4 Å². The van der Waals surface area contributed by atoms with E-state index in [4.69, 9.17) is 4.74 Å². The monoisotopic (exact) mass is 332 g/mol. The van der Waals surface area contributed by atoms with Gasteiger partial charge in [-0.05, 0) is 44.4 Å². The fourth-order valence-electron chi connectivity index (χ4n) is 4.14. The Kier molecular flexibility index (Phi) is 8.73. The van der Waals surface area contributed by atoms with Gasteiger partial charge < -0.3 is 15.0 Å². The van der Waals surface area contributed by atoms with E-state index in [9.17, 15) is 4.79 Å². The number of hydrogen-bond donors (Lipinski definition) is 1. The molecular formula is C17H33ClN2O2. The number of hydrogen-bond acceptors (Lipinski definition) is 3. The van der Waals surface area contributed by atoms with E-state index in [1.165, 1.54) is 25.7 Å². The third-order valence-electron chi connectivity index (χ3n) is 5.27. The Balaban J connectivity index is 0.00000242. The van der Waals surface area contributed by atoms with Crippen molar-refractivity contribution in [2.24, 2.45) is 5.92 Å². The van der Waals surface area contributed by atoms with Crippen molar-refractivity contribution in [1.82, 2.24) is 10.2 Å². The Hall–Kier alpha value is -0.320. The van der Waals surface area contributed by atoms with Crippen LogP contribution in [0.2, 0.25) is 0 Å². The first-order chi connectivity index (χ1) is 10.2. The van der Waals surface area contributed by atoms with Crippen LogP contribution in [0.3, 0.4) is 0 Å². The molecule has 0 radical (unpaired) electrons. The molecule has 5 heteroatoms. The van der Waals surface area contributed by atoms with E-state index < -0.39 is 0 Å². The van der Waals surface area contributed by atoms with Crippen LogP contribution in [0, 0.1) is 5.92 Å². The zero-order valence-electron chi connectivity index (χ0n) is 14.3. The maximum absolute atomic E-state index is 12.8. The van der Waals surface area contributed by atoms with Crippen LogP contribution in [0.1, 0.15) is 58.8 Å². The van der Waals surface area contributed by atoms with E-state index in [1.54, 1.807) is 7.11 Å². The van der Waals surface area contributed by atoms with Gasteiger partial charge in [-0.2, -0.15) is 0 Å². The molecule has 2 bridgehead atoms. The van der Waals surface area contributed by atoms with Crippen LogP contribution < -0.4 is 5.32 Å². The minimum atomic E-state index is 0. The standard InChI is InChI=1S/C17H32N2O2.ClH/c1-4-16(5-2)19(8-9-21-3)17(20)12-13-10-14-6-7-15(11-13)18-14;/h13-16,18H,4-12H2,1-3H3;1H. The Morgan fingerprint density at radius 2 is 1.82 bits per heavy atom. The van der Waals surface area contributed by atoms with Crippen molar-refractivity contribution in [3.05, 3.63) is 0 Å². The van der Waals surface area contributed by atoms with Gasteiger partial charge in [0.1, 0.15) is 0 Å². The van der Waals surface area contributed by atoms with Crippen molar-refractivity contribution in [3.8, 4) is 0 Å². The summed E-state index contributed by atoms with van der Waals surface area (Å²) in [7, 11) is 1.71. The molecule has 2 saturated heterocycles. The van der Waals surface area contributed by atoms with Gasteiger partial charge in [0.2, 0.25) is 5.91 Å². The fraction of sp³-hybridized carbons (Fsp3) is 0.941. The predicted molar refractivity (Wildman–Crippen MR) is 92.5 cm³/mol. The first-order valence-corrected chi connectivity index (χ1v) is 8.72. The zero-order chi connectivity index (χ0) is 15.2. The van der Waals surface area contributed by atoms with Gasteiger partial charge in [0, 0.05) is 38.2 Å². The highest BCUT2D eigenvalue weighted by molar-refractivity contribution is 5.85. The lowest BCUT2D eigenvalue weighted by Crippen LogP contribution is -2.44. The van der Waals surface area contributed by atoms with Gasteiger partial charge in [-0.25, -0.2) is 0 Å². The molecule has 1 N–H and O–H groups in total. The lowest BCUT2D eigenvalue weighted by molar-refractivity contribution is -0.135. The second-order valence-electron chi connectivity index (χ2n) is 6.73. The molecule has 0 spiro atoms. The number of nitrogens with one attached hydrogen (secondary N) is 1. The molecule has 2 atom stereocenters. The molecular weight excluding hydrogens is 300 g/mol. The summed E-state index contributed by atoms with van der Waals surface area (Å²) in [6, 6.07) is 1.70. The first-order valence-electron chi connectivity index (χ1n) is 8.72. The smallest absolute Gasteiger partial charge is 0.223 e. The van der Waals surface area contributed by atoms with E-state index >= 15 is 0 Å². The fourth-order valence-corrected chi connectivity index (χ4v) is 4.14. The normalized spacial score (nSPS) is 26.8. The zero-order valence-corrected chi connectivity index (χ0v) is 15.2. The number of carbonyl (C=O) groups excluding carboxylic acids is 1. The topological polar surface area (TPSA) is 41.6 Å². The molecule has 2 fully saturated rings. The van der Waals surface area contributed by atoms with Crippen molar-refractivity contribution in [2.45, 2.75) is 76.9 Å². The van der Waals surface area contributed by atoms with E-state index in [1.807, 2.05) is 0 Å². The molecule has 2 unspecified atom stereocenters. The summed E-state index contributed by atoms with van der Waals surface area (Å²) >= 11 is 0. The summed E-state index contributed by atoms with van der Waals surface area (Å²) in [6.45, 7) is 5.72. The Morgan fingerprint density at radius 1 is 1.23 bits per heavy atom. The van der Waals surface area contributed by atoms with Gasteiger partial charge in [0.05, 0.1) is 6.61 Å². The molecule has 0 saturated carbocycles. The minimum absolute atomic E-state index is 0. The molecule has 0 aromatic carbocycles. The first kappa shape index (κ1) is 19.7. The lowest BCUT2D eigenvalue weighted by Gasteiger charge is -2.34. The Bertz CT molecular complexity index is 325. The molecule has 130 valence electrons. The number of nitrogens with zero attached hydrogens (tertiary/aromatic N) is 1. The lowest BCUT2D eigenvalue weighted by atomic mass is 9.89. The molecule has 2 aliphatic heterocycles.